The molecular formula is C29H30F2N4O4. The monoisotopic (exact) mass is 536 g/mol. The van der Waals surface area contributed by atoms with Crippen molar-refractivity contribution in [3.63, 3.8) is 0 Å². The van der Waals surface area contributed by atoms with Gasteiger partial charge in [-0.3, -0.25) is 28.9 Å². The van der Waals surface area contributed by atoms with Crippen LogP contribution in [0, 0.1) is 23.6 Å². The van der Waals surface area contributed by atoms with Crippen LogP contribution in [0.2, 0.25) is 0 Å². The van der Waals surface area contributed by atoms with Gasteiger partial charge in [0.05, 0.1) is 11.8 Å². The summed E-state index contributed by atoms with van der Waals surface area (Å²) in [6.45, 7) is 13.3. The number of nitrogens with one attached hydrogen (secondary N) is 1. The second-order valence-electron chi connectivity index (χ2n) is 11.4. The first-order valence-electron chi connectivity index (χ1n) is 12.6. The number of carbonyl (C=O) groups is 4. The maximum atomic E-state index is 14.1. The Balaban J connectivity index is 1.63. The number of amides is 3. The summed E-state index contributed by atoms with van der Waals surface area (Å²) in [6, 6.07) is 9.21. The van der Waals surface area contributed by atoms with E-state index in [0.29, 0.717) is 0 Å². The minimum absolute atomic E-state index is 0.00989. The molecule has 0 radical (unpaired) electrons. The number of rotatable bonds is 4. The van der Waals surface area contributed by atoms with Crippen LogP contribution in [0.5, 0.6) is 0 Å². The van der Waals surface area contributed by atoms with Gasteiger partial charge in [0.25, 0.3) is 5.91 Å². The molecule has 8 nitrogen and oxygen atoms in total. The van der Waals surface area contributed by atoms with E-state index in [1.807, 2.05) is 50.4 Å². The summed E-state index contributed by atoms with van der Waals surface area (Å²) < 4.78 is 28.1. The summed E-state index contributed by atoms with van der Waals surface area (Å²) in [5.41, 5.74) is -0.575. The summed E-state index contributed by atoms with van der Waals surface area (Å²) in [5.74, 6) is -5.21. The van der Waals surface area contributed by atoms with Gasteiger partial charge in [0, 0.05) is 20.0 Å². The van der Waals surface area contributed by atoms with Gasteiger partial charge in [0.15, 0.2) is 0 Å². The minimum Gasteiger partial charge on any atom is -0.325 e. The molecule has 204 valence electrons. The lowest BCUT2D eigenvalue weighted by molar-refractivity contribution is -0.150. The second kappa shape index (κ2) is 10.2. The molecule has 1 fully saturated rings. The number of hydrogen-bond acceptors (Lipinski definition) is 4. The van der Waals surface area contributed by atoms with E-state index in [2.05, 4.69) is 4.85 Å². The van der Waals surface area contributed by atoms with Crippen molar-refractivity contribution in [2.75, 3.05) is 18.9 Å². The average molecular weight is 537 g/mol. The number of benzene rings is 2. The number of ketones is 1. The van der Waals surface area contributed by atoms with Gasteiger partial charge in [-0.15, -0.1) is 0 Å². The Bertz CT molecular complexity index is 1380. The predicted octanol–water partition coefficient (Wildman–Crippen LogP) is 3.71. The van der Waals surface area contributed by atoms with Crippen molar-refractivity contribution in [3.8, 4) is 0 Å². The van der Waals surface area contributed by atoms with Crippen LogP contribution in [-0.4, -0.2) is 59.1 Å². The lowest BCUT2D eigenvalue weighted by atomic mass is 9.80. The Hall–Kier alpha value is -4.13. The molecule has 1 aliphatic carbocycles. The molecular weight excluding hydrogens is 506 g/mol. The molecule has 39 heavy (non-hydrogen) atoms. The molecule has 1 aliphatic heterocycles. The van der Waals surface area contributed by atoms with Crippen molar-refractivity contribution in [1.29, 1.82) is 0 Å². The molecule has 1 N–H and O–H groups in total. The highest BCUT2D eigenvalue weighted by Crippen LogP contribution is 2.46. The first-order valence-corrected chi connectivity index (χ1v) is 12.6. The molecule has 2 aromatic rings. The van der Waals surface area contributed by atoms with Gasteiger partial charge in [-0.25, -0.2) is 15.4 Å². The standard InChI is InChI=1S/C29H30F2N4O4/c1-28(2,3)14-21(34(5)27(39)25(37)33-24-19(30)11-8-12-20(24)31)26(38)35-16-29(15-23(35)32-4)18-10-7-6-9-17(18)13-22(29)36/h6-12,21,23H,13-16H2,1-3,5H3,(H,33,37)/t21-,23-,29?/m0/s1. The van der Waals surface area contributed by atoms with Crippen molar-refractivity contribution in [1.82, 2.24) is 9.80 Å². The van der Waals surface area contributed by atoms with Crippen LogP contribution in [0.1, 0.15) is 44.7 Å². The van der Waals surface area contributed by atoms with Gasteiger partial charge in [-0.1, -0.05) is 51.1 Å². The van der Waals surface area contributed by atoms with Gasteiger partial charge < -0.3 is 10.2 Å². The fraction of sp³-hybridized carbons (Fsp3) is 0.414. The Morgan fingerprint density at radius 1 is 1.15 bits per heavy atom. The molecule has 0 aromatic heterocycles. The molecule has 0 saturated carbocycles. The van der Waals surface area contributed by atoms with Crippen molar-refractivity contribution in [2.24, 2.45) is 5.41 Å². The number of nitrogens with zero attached hydrogens (tertiary/aromatic N) is 3. The quantitative estimate of drug-likeness (QED) is 0.477. The highest BCUT2D eigenvalue weighted by atomic mass is 19.1. The molecule has 2 aromatic carbocycles. The number of likely N-dealkylation sites (tertiary alicyclic amines) is 1. The van der Waals surface area contributed by atoms with Gasteiger partial charge in [0.1, 0.15) is 29.1 Å². The minimum atomic E-state index is -1.31. The number of hydrogen-bond donors (Lipinski definition) is 1. The first kappa shape index (κ1) is 27.9. The highest BCUT2D eigenvalue weighted by Gasteiger charge is 2.58. The zero-order valence-corrected chi connectivity index (χ0v) is 22.3. The zero-order valence-electron chi connectivity index (χ0n) is 22.3. The van der Waals surface area contributed by atoms with E-state index < -0.39 is 58.1 Å². The van der Waals surface area contributed by atoms with Crippen LogP contribution in [0.4, 0.5) is 14.5 Å². The van der Waals surface area contributed by atoms with E-state index >= 15 is 0 Å². The van der Waals surface area contributed by atoms with E-state index in [9.17, 15) is 28.0 Å². The largest absolute Gasteiger partial charge is 0.325 e. The predicted molar refractivity (Wildman–Crippen MR) is 139 cm³/mol. The number of fused-ring (bicyclic) bond motifs is 2. The average Bonchev–Trinajstić information content (AvgIpc) is 3.41. The molecule has 10 heteroatoms. The lowest BCUT2D eigenvalue weighted by Crippen LogP contribution is -2.54. The van der Waals surface area contributed by atoms with Gasteiger partial charge in [-0.2, -0.15) is 0 Å². The number of anilines is 1. The molecule has 1 heterocycles. The Morgan fingerprint density at radius 3 is 2.41 bits per heavy atom. The van der Waals surface area contributed by atoms with Gasteiger partial charge >= 0.3 is 18.0 Å². The first-order chi connectivity index (χ1) is 18.3. The molecule has 3 amide bonds. The molecule has 1 saturated heterocycles. The van der Waals surface area contributed by atoms with Crippen molar-refractivity contribution < 1.29 is 28.0 Å². The van der Waals surface area contributed by atoms with Gasteiger partial charge in [0.2, 0.25) is 0 Å². The molecule has 3 atom stereocenters. The number of para-hydroxylation sites is 1. The van der Waals surface area contributed by atoms with Crippen LogP contribution in [0.25, 0.3) is 4.85 Å². The summed E-state index contributed by atoms with van der Waals surface area (Å²) in [6.07, 6.45) is -0.432. The third kappa shape index (κ3) is 5.13. The fourth-order valence-corrected chi connectivity index (χ4v) is 5.50. The van der Waals surface area contributed by atoms with E-state index in [-0.39, 0.29) is 31.6 Å². The van der Waals surface area contributed by atoms with E-state index in [1.165, 1.54) is 11.9 Å². The van der Waals surface area contributed by atoms with E-state index in [4.69, 9.17) is 6.57 Å². The number of halogens is 2. The van der Waals surface area contributed by atoms with E-state index in [0.717, 1.165) is 34.2 Å². The van der Waals surface area contributed by atoms with Crippen LogP contribution < -0.4 is 5.32 Å². The zero-order chi connectivity index (χ0) is 28.7. The highest BCUT2D eigenvalue weighted by molar-refractivity contribution is 6.39. The topological polar surface area (TPSA) is 91.2 Å². The SMILES string of the molecule is [C-]#[N+][C@@H]1CC2(CN1C(=O)[C@H](CC(C)(C)C)N(C)C(=O)C(=O)Nc1c(F)cccc1F)C(=O)Cc1ccccc12. The summed E-state index contributed by atoms with van der Waals surface area (Å²) in [4.78, 5) is 59.0. The van der Waals surface area contributed by atoms with Crippen molar-refractivity contribution in [3.05, 3.63) is 76.6 Å². The molecule has 0 bridgehead atoms. The normalized spacial score (nSPS) is 20.9. The Kier molecular flexibility index (Phi) is 7.30. The van der Waals surface area contributed by atoms with Crippen LogP contribution in [0.3, 0.4) is 0 Å². The Morgan fingerprint density at radius 2 is 1.79 bits per heavy atom. The number of likely N-dealkylation sites (N-methyl/N-ethyl adjacent to an activating group) is 1. The molecule has 2 aliphatic rings. The van der Waals surface area contributed by atoms with Crippen molar-refractivity contribution >= 4 is 29.2 Å². The number of carbonyl (C=O) groups excluding carboxylic acids is 4. The molecule has 1 spiro atoms. The second-order valence-corrected chi connectivity index (χ2v) is 11.4. The molecule has 4 rings (SSSR count). The third-order valence-corrected chi connectivity index (χ3v) is 7.46. The van der Waals surface area contributed by atoms with Crippen LogP contribution in [-0.2, 0) is 31.0 Å². The van der Waals surface area contributed by atoms with Crippen LogP contribution in [0.15, 0.2) is 42.5 Å². The third-order valence-electron chi connectivity index (χ3n) is 7.46. The van der Waals surface area contributed by atoms with Gasteiger partial charge in [-0.05, 0) is 35.1 Å². The maximum Gasteiger partial charge on any atom is 0.314 e. The lowest BCUT2D eigenvalue weighted by Gasteiger charge is -2.34. The Labute approximate surface area is 225 Å². The maximum absolute atomic E-state index is 14.1. The summed E-state index contributed by atoms with van der Waals surface area (Å²) >= 11 is 0. The fourth-order valence-electron chi connectivity index (χ4n) is 5.50. The smallest absolute Gasteiger partial charge is 0.314 e. The molecule has 1 unspecified atom stereocenters. The van der Waals surface area contributed by atoms with Crippen molar-refractivity contribution in [2.45, 2.75) is 57.7 Å². The summed E-state index contributed by atoms with van der Waals surface area (Å²) in [5, 5.41) is 1.96. The summed E-state index contributed by atoms with van der Waals surface area (Å²) in [7, 11) is 1.27. The van der Waals surface area contributed by atoms with Crippen LogP contribution >= 0.6 is 0 Å². The van der Waals surface area contributed by atoms with E-state index in [1.54, 1.807) is 0 Å². The number of Topliss-reactive ketones (excluding diaryl/α,β-unsaturated/α-hetero) is 1.